The van der Waals surface area contributed by atoms with Crippen molar-refractivity contribution in [2.45, 2.75) is 20.8 Å². The summed E-state index contributed by atoms with van der Waals surface area (Å²) >= 11 is 0. The highest BCUT2D eigenvalue weighted by Gasteiger charge is 2.20. The van der Waals surface area contributed by atoms with Gasteiger partial charge in [0, 0.05) is 17.5 Å². The molecule has 2 heterocycles. The minimum Gasteiger partial charge on any atom is -0.477 e. The number of rotatable bonds is 3. The quantitative estimate of drug-likeness (QED) is 0.836. The molecular formula is C14H13N3O3. The van der Waals surface area contributed by atoms with Crippen LogP contribution >= 0.6 is 0 Å². The number of nitriles is 1. The second-order valence-corrected chi connectivity index (χ2v) is 4.56. The molecule has 0 radical (unpaired) electrons. The zero-order valence-electron chi connectivity index (χ0n) is 11.3. The zero-order valence-corrected chi connectivity index (χ0v) is 11.3. The van der Waals surface area contributed by atoms with Crippen LogP contribution in [-0.4, -0.2) is 26.4 Å². The van der Waals surface area contributed by atoms with E-state index < -0.39 is 5.97 Å². The third-order valence-corrected chi connectivity index (χ3v) is 3.28. The van der Waals surface area contributed by atoms with Crippen molar-refractivity contribution in [2.24, 2.45) is 0 Å². The van der Waals surface area contributed by atoms with Gasteiger partial charge < -0.3 is 10.1 Å². The molecule has 6 nitrogen and oxygen atoms in total. The number of hydrogen-bond donors (Lipinski definition) is 2. The Morgan fingerprint density at radius 3 is 2.55 bits per heavy atom. The van der Waals surface area contributed by atoms with Gasteiger partial charge in [0.1, 0.15) is 17.6 Å². The van der Waals surface area contributed by atoms with Gasteiger partial charge in [0.05, 0.1) is 5.56 Å². The predicted molar refractivity (Wildman–Crippen MR) is 71.3 cm³/mol. The molecule has 6 heteroatoms. The molecular weight excluding hydrogens is 258 g/mol. The number of ketones is 1. The van der Waals surface area contributed by atoms with Gasteiger partial charge in [-0.1, -0.05) is 0 Å². The number of aromatic amines is 1. The molecule has 0 atom stereocenters. The highest BCUT2D eigenvalue weighted by molar-refractivity contribution is 5.97. The Hall–Kier alpha value is -2.81. The first-order valence-corrected chi connectivity index (χ1v) is 5.93. The zero-order chi connectivity index (χ0) is 15.0. The molecule has 20 heavy (non-hydrogen) atoms. The molecule has 0 aromatic carbocycles. The summed E-state index contributed by atoms with van der Waals surface area (Å²) in [7, 11) is 0. The number of H-pyrrole nitrogens is 1. The van der Waals surface area contributed by atoms with Crippen molar-refractivity contribution < 1.29 is 14.7 Å². The van der Waals surface area contributed by atoms with Gasteiger partial charge in [-0.05, 0) is 32.4 Å². The molecule has 2 N–H and O–H groups in total. The van der Waals surface area contributed by atoms with Crippen LogP contribution in [-0.2, 0) is 0 Å². The van der Waals surface area contributed by atoms with Crippen LogP contribution in [0.2, 0.25) is 0 Å². The molecule has 2 rings (SSSR count). The topological polar surface area (TPSA) is 98.9 Å². The average Bonchev–Trinajstić information content (AvgIpc) is 2.92. The summed E-state index contributed by atoms with van der Waals surface area (Å²) in [6, 6.07) is 3.36. The Bertz CT molecular complexity index is 759. The standard InChI is InChI=1S/C14H13N3O3/c1-7-8(2)16-13(11(7)5-15)17-6-10(9(3)18)4-12(17)14(19)20/h4,6,16H,1-3H3,(H,19,20). The van der Waals surface area contributed by atoms with Crippen LogP contribution in [0.4, 0.5) is 0 Å². The molecule has 0 saturated carbocycles. The summed E-state index contributed by atoms with van der Waals surface area (Å²) in [5.74, 6) is -1.02. The van der Waals surface area contributed by atoms with E-state index >= 15 is 0 Å². The Labute approximate surface area is 115 Å². The summed E-state index contributed by atoms with van der Waals surface area (Å²) in [5, 5.41) is 18.5. The Morgan fingerprint density at radius 2 is 2.05 bits per heavy atom. The van der Waals surface area contributed by atoms with Gasteiger partial charge in [-0.2, -0.15) is 5.26 Å². The predicted octanol–water partition coefficient (Wildman–Crippen LogP) is 2.19. The highest BCUT2D eigenvalue weighted by atomic mass is 16.4. The van der Waals surface area contributed by atoms with Crippen LogP contribution in [0.5, 0.6) is 0 Å². The number of aromatic nitrogens is 2. The molecule has 0 aliphatic rings. The van der Waals surface area contributed by atoms with E-state index in [2.05, 4.69) is 11.1 Å². The van der Waals surface area contributed by atoms with Crippen molar-refractivity contribution in [2.75, 3.05) is 0 Å². The van der Waals surface area contributed by atoms with Crippen LogP contribution in [0.25, 0.3) is 5.82 Å². The summed E-state index contributed by atoms with van der Waals surface area (Å²) < 4.78 is 1.33. The van der Waals surface area contributed by atoms with Crippen molar-refractivity contribution in [3.8, 4) is 11.9 Å². The SMILES string of the molecule is CC(=O)c1cc(C(=O)O)n(-c2[nH]c(C)c(C)c2C#N)c1. The molecule has 0 unspecified atom stereocenters. The van der Waals surface area contributed by atoms with Crippen LogP contribution < -0.4 is 0 Å². The van der Waals surface area contributed by atoms with Gasteiger partial charge in [0.15, 0.2) is 5.78 Å². The molecule has 0 spiro atoms. The Kier molecular flexibility index (Phi) is 3.20. The van der Waals surface area contributed by atoms with Crippen molar-refractivity contribution in [1.29, 1.82) is 5.26 Å². The van der Waals surface area contributed by atoms with Gasteiger partial charge in [-0.15, -0.1) is 0 Å². The summed E-state index contributed by atoms with van der Waals surface area (Å²) in [4.78, 5) is 25.7. The van der Waals surface area contributed by atoms with Crippen molar-refractivity contribution >= 4 is 11.8 Å². The van der Waals surface area contributed by atoms with Crippen LogP contribution in [0.3, 0.4) is 0 Å². The normalized spacial score (nSPS) is 10.3. The lowest BCUT2D eigenvalue weighted by Gasteiger charge is -2.04. The van der Waals surface area contributed by atoms with Crippen molar-refractivity contribution in [1.82, 2.24) is 9.55 Å². The number of nitrogens with zero attached hydrogens (tertiary/aromatic N) is 2. The minimum absolute atomic E-state index is 0.0621. The van der Waals surface area contributed by atoms with Crippen LogP contribution in [0.1, 0.15) is 44.6 Å². The van der Waals surface area contributed by atoms with Gasteiger partial charge in [-0.3, -0.25) is 9.36 Å². The Balaban J connectivity index is 2.76. The fraction of sp³-hybridized carbons (Fsp3) is 0.214. The molecule has 0 amide bonds. The number of carboxylic acid groups (broad SMARTS) is 1. The maximum Gasteiger partial charge on any atom is 0.352 e. The lowest BCUT2D eigenvalue weighted by atomic mass is 10.2. The van der Waals surface area contributed by atoms with E-state index in [1.165, 1.54) is 23.8 Å². The van der Waals surface area contributed by atoms with E-state index in [1.54, 1.807) is 13.8 Å². The number of aromatic carboxylic acids is 1. The summed E-state index contributed by atoms with van der Waals surface area (Å²) in [6.45, 7) is 4.95. The molecule has 0 bridgehead atoms. The largest absolute Gasteiger partial charge is 0.477 e. The van der Waals surface area contributed by atoms with Gasteiger partial charge in [-0.25, -0.2) is 4.79 Å². The van der Waals surface area contributed by atoms with Crippen LogP contribution in [0.15, 0.2) is 12.3 Å². The molecule has 2 aromatic rings. The first-order chi connectivity index (χ1) is 9.36. The third-order valence-electron chi connectivity index (χ3n) is 3.28. The Morgan fingerprint density at radius 1 is 1.40 bits per heavy atom. The lowest BCUT2D eigenvalue weighted by molar-refractivity contribution is 0.0688. The fourth-order valence-electron chi connectivity index (χ4n) is 2.02. The van der Waals surface area contributed by atoms with Gasteiger partial charge >= 0.3 is 5.97 Å². The van der Waals surface area contributed by atoms with E-state index in [4.69, 9.17) is 0 Å². The van der Waals surface area contributed by atoms with E-state index in [0.717, 1.165) is 11.3 Å². The fourth-order valence-corrected chi connectivity index (χ4v) is 2.02. The van der Waals surface area contributed by atoms with Gasteiger partial charge in [0.25, 0.3) is 0 Å². The number of Topliss-reactive ketones (excluding diaryl/α,β-unsaturated/α-hetero) is 1. The van der Waals surface area contributed by atoms with Crippen LogP contribution in [0, 0.1) is 25.2 Å². The summed E-state index contributed by atoms with van der Waals surface area (Å²) in [5.41, 5.74) is 2.14. The van der Waals surface area contributed by atoms with E-state index in [1.807, 2.05) is 0 Å². The molecule has 0 aliphatic carbocycles. The third kappa shape index (κ3) is 1.99. The monoisotopic (exact) mass is 271 g/mol. The molecule has 102 valence electrons. The van der Waals surface area contributed by atoms with Gasteiger partial charge in [0.2, 0.25) is 0 Å². The number of carbonyl (C=O) groups is 2. The number of aryl methyl sites for hydroxylation is 1. The average molecular weight is 271 g/mol. The molecule has 2 aromatic heterocycles. The van der Waals surface area contributed by atoms with E-state index in [0.29, 0.717) is 11.4 Å². The number of nitrogens with one attached hydrogen (secondary N) is 1. The first kappa shape index (κ1) is 13.6. The first-order valence-electron chi connectivity index (χ1n) is 5.93. The number of carboxylic acids is 1. The van der Waals surface area contributed by atoms with Crippen molar-refractivity contribution in [3.05, 3.63) is 40.3 Å². The number of carbonyl (C=O) groups excluding carboxylic acids is 1. The highest BCUT2D eigenvalue weighted by Crippen LogP contribution is 2.23. The van der Waals surface area contributed by atoms with E-state index in [-0.39, 0.29) is 17.0 Å². The maximum absolute atomic E-state index is 11.4. The summed E-state index contributed by atoms with van der Waals surface area (Å²) in [6.07, 6.45) is 1.43. The smallest absolute Gasteiger partial charge is 0.352 e. The molecule has 0 saturated heterocycles. The van der Waals surface area contributed by atoms with Crippen molar-refractivity contribution in [3.63, 3.8) is 0 Å². The minimum atomic E-state index is -1.16. The second kappa shape index (κ2) is 4.70. The maximum atomic E-state index is 11.4. The molecule has 0 fully saturated rings. The lowest BCUT2D eigenvalue weighted by Crippen LogP contribution is -2.07. The van der Waals surface area contributed by atoms with E-state index in [9.17, 15) is 20.0 Å². The second-order valence-electron chi connectivity index (χ2n) is 4.56. The molecule has 0 aliphatic heterocycles. The number of hydrogen-bond acceptors (Lipinski definition) is 3.